The second kappa shape index (κ2) is 7.40. The molecule has 0 saturated heterocycles. The molecule has 1 N–H and O–H groups in total. The number of hydrogen-bond donors (Lipinski definition) is 1. The van der Waals surface area contributed by atoms with Gasteiger partial charge in [-0.1, -0.05) is 22.0 Å². The molecule has 0 unspecified atom stereocenters. The molecule has 0 aliphatic heterocycles. The number of rotatable bonds is 4. The van der Waals surface area contributed by atoms with Gasteiger partial charge >= 0.3 is 0 Å². The highest BCUT2D eigenvalue weighted by atomic mass is 79.9. The molecule has 2 aromatic heterocycles. The van der Waals surface area contributed by atoms with E-state index in [9.17, 15) is 0 Å². The highest BCUT2D eigenvalue weighted by Crippen LogP contribution is 2.35. The van der Waals surface area contributed by atoms with Crippen molar-refractivity contribution in [3.8, 4) is 0 Å². The summed E-state index contributed by atoms with van der Waals surface area (Å²) in [5.74, 6) is 1.59. The lowest BCUT2D eigenvalue weighted by atomic mass is 10.1. The van der Waals surface area contributed by atoms with Crippen LogP contribution in [0.25, 0.3) is 10.9 Å². The zero-order chi connectivity index (χ0) is 20.8. The lowest BCUT2D eigenvalue weighted by Crippen LogP contribution is -2.15. The Morgan fingerprint density at radius 3 is 2.80 bits per heavy atom. The zero-order valence-electron chi connectivity index (χ0n) is 17.3. The molecular weight excluding hydrogens is 440 g/mol. The van der Waals surface area contributed by atoms with Crippen molar-refractivity contribution in [1.29, 1.82) is 0 Å². The number of anilines is 4. The molecule has 30 heavy (non-hydrogen) atoms. The summed E-state index contributed by atoms with van der Waals surface area (Å²) in [7, 11) is 4.05. The number of benzene rings is 2. The van der Waals surface area contributed by atoms with Crippen molar-refractivity contribution in [3.05, 3.63) is 63.9 Å². The van der Waals surface area contributed by atoms with Crippen molar-refractivity contribution in [1.82, 2.24) is 19.7 Å². The molecule has 0 bridgehead atoms. The van der Waals surface area contributed by atoms with Crippen LogP contribution < -0.4 is 10.2 Å². The average molecular weight is 463 g/mol. The van der Waals surface area contributed by atoms with Gasteiger partial charge in [-0.15, -0.1) is 0 Å². The van der Waals surface area contributed by atoms with Crippen LogP contribution in [0.1, 0.15) is 23.4 Å². The summed E-state index contributed by atoms with van der Waals surface area (Å²) >= 11 is 3.52. The van der Waals surface area contributed by atoms with Gasteiger partial charge in [0.05, 0.1) is 11.2 Å². The Morgan fingerprint density at radius 2 is 1.97 bits per heavy atom. The van der Waals surface area contributed by atoms with Crippen molar-refractivity contribution >= 4 is 50.0 Å². The van der Waals surface area contributed by atoms with E-state index in [1.807, 2.05) is 36.0 Å². The van der Waals surface area contributed by atoms with Crippen LogP contribution in [0.15, 0.2) is 46.9 Å². The molecule has 0 spiro atoms. The number of aromatic nitrogens is 4. The third-order valence-corrected chi connectivity index (χ3v) is 6.30. The van der Waals surface area contributed by atoms with Gasteiger partial charge in [0.2, 0.25) is 5.95 Å². The van der Waals surface area contributed by atoms with Gasteiger partial charge in [-0.2, -0.15) is 10.1 Å². The van der Waals surface area contributed by atoms with E-state index >= 15 is 0 Å². The molecule has 0 amide bonds. The maximum absolute atomic E-state index is 4.91. The fraction of sp³-hybridized carbons (Fsp3) is 0.261. The quantitative estimate of drug-likeness (QED) is 0.437. The lowest BCUT2D eigenvalue weighted by Gasteiger charge is -2.22. The van der Waals surface area contributed by atoms with Crippen molar-refractivity contribution < 1.29 is 0 Å². The van der Waals surface area contributed by atoms with Crippen molar-refractivity contribution in [2.75, 3.05) is 17.3 Å². The third-order valence-electron chi connectivity index (χ3n) is 5.81. The van der Waals surface area contributed by atoms with Gasteiger partial charge < -0.3 is 10.2 Å². The van der Waals surface area contributed by atoms with Crippen LogP contribution in [-0.4, -0.2) is 26.8 Å². The fourth-order valence-electron chi connectivity index (χ4n) is 4.09. The third kappa shape index (κ3) is 3.33. The van der Waals surface area contributed by atoms with Gasteiger partial charge in [0.25, 0.3) is 0 Å². The van der Waals surface area contributed by atoms with Crippen LogP contribution >= 0.6 is 15.9 Å². The number of halogens is 1. The molecule has 2 aromatic carbocycles. The summed E-state index contributed by atoms with van der Waals surface area (Å²) < 4.78 is 2.95. The second-order valence-corrected chi connectivity index (χ2v) is 8.67. The van der Waals surface area contributed by atoms with E-state index in [1.165, 1.54) is 16.6 Å². The number of nitrogens with one attached hydrogen (secondary N) is 1. The molecule has 1 aliphatic carbocycles. The van der Waals surface area contributed by atoms with E-state index in [0.29, 0.717) is 5.95 Å². The topological polar surface area (TPSA) is 58.9 Å². The predicted molar refractivity (Wildman–Crippen MR) is 125 cm³/mol. The maximum atomic E-state index is 4.91. The molecule has 2 heterocycles. The summed E-state index contributed by atoms with van der Waals surface area (Å²) in [5.41, 5.74) is 6.58. The van der Waals surface area contributed by atoms with Gasteiger partial charge in [-0.05, 0) is 62.6 Å². The summed E-state index contributed by atoms with van der Waals surface area (Å²) in [6, 6.07) is 14.5. The van der Waals surface area contributed by atoms with Crippen LogP contribution in [0.3, 0.4) is 0 Å². The second-order valence-electron chi connectivity index (χ2n) is 7.75. The molecule has 0 saturated carbocycles. The molecular formula is C23H23BrN6. The van der Waals surface area contributed by atoms with Crippen LogP contribution in [0.2, 0.25) is 0 Å². The number of aryl methyl sites for hydroxylation is 3. The van der Waals surface area contributed by atoms with Crippen LogP contribution in [0, 0.1) is 6.92 Å². The summed E-state index contributed by atoms with van der Waals surface area (Å²) in [6.07, 6.45) is 3.12. The molecule has 6 nitrogen and oxygen atoms in total. The monoisotopic (exact) mass is 462 g/mol. The minimum Gasteiger partial charge on any atom is -0.329 e. The Hall–Kier alpha value is -2.93. The minimum atomic E-state index is 0.630. The summed E-state index contributed by atoms with van der Waals surface area (Å²) in [6.45, 7) is 2.09. The highest BCUT2D eigenvalue weighted by molar-refractivity contribution is 9.10. The smallest absolute Gasteiger partial charge is 0.229 e. The van der Waals surface area contributed by atoms with Crippen LogP contribution in [0.5, 0.6) is 0 Å². The van der Waals surface area contributed by atoms with E-state index in [1.54, 1.807) is 0 Å². The Balaban J connectivity index is 1.55. The molecule has 0 atom stereocenters. The SMILES string of the molecule is Cc1c2ccc(N(C)c3nc(Nc4cccc(Br)c4)nc4c3CCC4)cc2nn1C. The number of nitrogens with zero attached hydrogens (tertiary/aromatic N) is 5. The van der Waals surface area contributed by atoms with Crippen molar-refractivity contribution in [2.45, 2.75) is 26.2 Å². The van der Waals surface area contributed by atoms with E-state index in [2.05, 4.69) is 63.4 Å². The Kier molecular flexibility index (Phi) is 4.70. The maximum Gasteiger partial charge on any atom is 0.229 e. The summed E-state index contributed by atoms with van der Waals surface area (Å²) in [4.78, 5) is 11.9. The van der Waals surface area contributed by atoms with Gasteiger partial charge in [0, 0.05) is 46.6 Å². The standard InChI is InChI=1S/C23H23BrN6/c1-14-18-11-10-17(13-21(18)28-30(14)3)29(2)22-19-8-5-9-20(19)26-23(27-22)25-16-7-4-6-15(24)12-16/h4,6-7,10-13H,5,8-9H2,1-3H3,(H,25,26,27). The number of hydrogen-bond acceptors (Lipinski definition) is 5. The first kappa shape index (κ1) is 19.1. The highest BCUT2D eigenvalue weighted by Gasteiger charge is 2.23. The Bertz CT molecular complexity index is 1260. The molecule has 0 fully saturated rings. The van der Waals surface area contributed by atoms with E-state index in [0.717, 1.165) is 52.1 Å². The van der Waals surface area contributed by atoms with Crippen LogP contribution in [0.4, 0.5) is 23.1 Å². The predicted octanol–water partition coefficient (Wildman–Crippen LogP) is 5.43. The van der Waals surface area contributed by atoms with Crippen molar-refractivity contribution in [2.24, 2.45) is 7.05 Å². The first-order valence-electron chi connectivity index (χ1n) is 10.1. The Morgan fingerprint density at radius 1 is 1.10 bits per heavy atom. The Labute approximate surface area is 184 Å². The fourth-order valence-corrected chi connectivity index (χ4v) is 4.49. The van der Waals surface area contributed by atoms with Crippen LogP contribution in [-0.2, 0) is 19.9 Å². The largest absolute Gasteiger partial charge is 0.329 e. The molecule has 152 valence electrons. The van der Waals surface area contributed by atoms with Gasteiger partial charge in [0.15, 0.2) is 0 Å². The molecule has 7 heteroatoms. The summed E-state index contributed by atoms with van der Waals surface area (Å²) in [5, 5.41) is 9.19. The zero-order valence-corrected chi connectivity index (χ0v) is 18.9. The first-order chi connectivity index (χ1) is 14.5. The number of fused-ring (bicyclic) bond motifs is 2. The van der Waals surface area contributed by atoms with E-state index in [4.69, 9.17) is 9.97 Å². The minimum absolute atomic E-state index is 0.630. The van der Waals surface area contributed by atoms with Gasteiger partial charge in [-0.25, -0.2) is 4.98 Å². The normalized spacial score (nSPS) is 12.9. The molecule has 0 radical (unpaired) electrons. The molecule has 1 aliphatic rings. The molecule has 5 rings (SSSR count). The van der Waals surface area contributed by atoms with E-state index < -0.39 is 0 Å². The first-order valence-corrected chi connectivity index (χ1v) is 10.9. The average Bonchev–Trinajstić information content (AvgIpc) is 3.31. The van der Waals surface area contributed by atoms with Gasteiger partial charge in [0.1, 0.15) is 5.82 Å². The molecule has 4 aromatic rings. The lowest BCUT2D eigenvalue weighted by molar-refractivity contribution is 0.751. The van der Waals surface area contributed by atoms with Gasteiger partial charge in [-0.3, -0.25) is 4.68 Å². The van der Waals surface area contributed by atoms with E-state index in [-0.39, 0.29) is 0 Å². The van der Waals surface area contributed by atoms with Crippen molar-refractivity contribution in [3.63, 3.8) is 0 Å².